The first-order valence-electron chi connectivity index (χ1n) is 6.48. The Kier molecular flexibility index (Phi) is 6.79. The largest absolute Gasteiger partial charge is 0.449 e. The zero-order valence-corrected chi connectivity index (χ0v) is 11.9. The molecule has 0 aliphatic rings. The van der Waals surface area contributed by atoms with Gasteiger partial charge in [-0.25, -0.2) is 15.2 Å². The smallest absolute Gasteiger partial charge is 0.427 e. The molecule has 1 aromatic rings. The summed E-state index contributed by atoms with van der Waals surface area (Å²) in [4.78, 5) is 17.9. The van der Waals surface area contributed by atoms with E-state index in [1.165, 1.54) is 6.20 Å². The summed E-state index contributed by atoms with van der Waals surface area (Å²) in [6, 6.07) is 0. The summed E-state index contributed by atoms with van der Waals surface area (Å²) >= 11 is 0. The fraction of sp³-hybridized carbons (Fsp3) is 0.583. The van der Waals surface area contributed by atoms with Crippen LogP contribution in [0.2, 0.25) is 0 Å². The lowest BCUT2D eigenvalue weighted by Crippen LogP contribution is -2.21. The third-order valence-corrected chi connectivity index (χ3v) is 2.64. The molecule has 1 rings (SSSR count). The van der Waals surface area contributed by atoms with E-state index in [1.54, 1.807) is 13.8 Å². The van der Waals surface area contributed by atoms with E-state index in [1.807, 2.05) is 0 Å². The number of nitrogens with one attached hydrogen (secondary N) is 2. The predicted octanol–water partition coefficient (Wildman–Crippen LogP) is -0.344. The van der Waals surface area contributed by atoms with Gasteiger partial charge < -0.3 is 25.0 Å². The first-order valence-corrected chi connectivity index (χ1v) is 6.48. The van der Waals surface area contributed by atoms with Crippen molar-refractivity contribution < 1.29 is 24.9 Å². The predicted molar refractivity (Wildman–Crippen MR) is 73.6 cm³/mol. The van der Waals surface area contributed by atoms with E-state index >= 15 is 0 Å². The lowest BCUT2D eigenvalue weighted by Gasteiger charge is -2.14. The molecule has 0 aliphatic heterocycles. The quantitative estimate of drug-likeness (QED) is 0.344. The minimum atomic E-state index is -1.19. The topological polar surface area (TPSA) is 140 Å². The second-order valence-corrected chi connectivity index (χ2v) is 4.24. The van der Waals surface area contributed by atoms with Crippen LogP contribution in [0.5, 0.6) is 0 Å². The summed E-state index contributed by atoms with van der Waals surface area (Å²) in [6.07, 6.45) is -1.57. The fourth-order valence-corrected chi connectivity index (χ4v) is 1.51. The van der Waals surface area contributed by atoms with Gasteiger partial charge in [0.05, 0.1) is 24.6 Å². The van der Waals surface area contributed by atoms with E-state index in [4.69, 9.17) is 5.11 Å². The molecule has 9 heteroatoms. The number of imidazole rings is 1. The molecule has 1 aromatic heterocycles. The van der Waals surface area contributed by atoms with Crippen molar-refractivity contribution in [2.24, 2.45) is 5.10 Å². The van der Waals surface area contributed by atoms with E-state index in [2.05, 4.69) is 25.2 Å². The number of ether oxygens (including phenoxy) is 1. The average molecular weight is 300 g/mol. The van der Waals surface area contributed by atoms with Crippen LogP contribution in [0.4, 0.5) is 4.79 Å². The number of aliphatic hydroxyl groups is 3. The van der Waals surface area contributed by atoms with E-state index in [9.17, 15) is 15.0 Å². The normalized spacial score (nSPS) is 14.6. The molecule has 0 spiro atoms. The molecule has 0 fully saturated rings. The van der Waals surface area contributed by atoms with Crippen molar-refractivity contribution in [1.82, 2.24) is 15.4 Å². The van der Waals surface area contributed by atoms with Crippen molar-refractivity contribution in [3.8, 4) is 0 Å². The van der Waals surface area contributed by atoms with Gasteiger partial charge in [-0.15, -0.1) is 0 Å². The summed E-state index contributed by atoms with van der Waals surface area (Å²) in [5.74, 6) is 0.331. The van der Waals surface area contributed by atoms with Gasteiger partial charge in [0.15, 0.2) is 5.82 Å². The summed E-state index contributed by atoms with van der Waals surface area (Å²) in [7, 11) is 0. The Balaban J connectivity index is 2.69. The van der Waals surface area contributed by atoms with Gasteiger partial charge in [-0.3, -0.25) is 0 Å². The number of aromatic nitrogens is 2. The van der Waals surface area contributed by atoms with E-state index in [-0.39, 0.29) is 25.3 Å². The van der Waals surface area contributed by atoms with Crippen LogP contribution in [0, 0.1) is 0 Å². The van der Waals surface area contributed by atoms with Crippen molar-refractivity contribution in [2.45, 2.75) is 32.5 Å². The third kappa shape index (κ3) is 5.14. The monoisotopic (exact) mass is 300 g/mol. The zero-order chi connectivity index (χ0) is 15.8. The van der Waals surface area contributed by atoms with Crippen LogP contribution in [0.3, 0.4) is 0 Å². The number of rotatable bonds is 7. The molecule has 0 aromatic carbocycles. The minimum absolute atomic E-state index is 0.0486. The standard InChI is InChI=1S/C12H20N4O5/c1-3-21-12(20)16-15-7(2)11-13-6-8(14-11)10(19)9(18)4-5-17/h6,9-10,17-19H,3-5H2,1-2H3,(H,13,14)(H,16,20)/b15-7+. The van der Waals surface area contributed by atoms with Crippen LogP contribution in [-0.4, -0.2) is 56.4 Å². The number of nitrogens with zero attached hydrogens (tertiary/aromatic N) is 2. The second-order valence-electron chi connectivity index (χ2n) is 4.24. The maximum atomic E-state index is 11.1. The number of aliphatic hydroxyl groups excluding tert-OH is 3. The zero-order valence-electron chi connectivity index (χ0n) is 11.9. The molecular weight excluding hydrogens is 280 g/mol. The van der Waals surface area contributed by atoms with Crippen LogP contribution < -0.4 is 5.43 Å². The molecule has 1 heterocycles. The third-order valence-electron chi connectivity index (χ3n) is 2.64. The molecule has 5 N–H and O–H groups in total. The Labute approximate surface area is 121 Å². The van der Waals surface area contributed by atoms with Crippen LogP contribution in [0.25, 0.3) is 0 Å². The van der Waals surface area contributed by atoms with Gasteiger partial charge >= 0.3 is 6.09 Å². The summed E-state index contributed by atoms with van der Waals surface area (Å²) in [5, 5.41) is 31.9. The highest BCUT2D eigenvalue weighted by atomic mass is 16.5. The van der Waals surface area contributed by atoms with Gasteiger partial charge in [0.25, 0.3) is 0 Å². The Morgan fingerprint density at radius 2 is 2.29 bits per heavy atom. The molecule has 9 nitrogen and oxygen atoms in total. The fourth-order valence-electron chi connectivity index (χ4n) is 1.51. The lowest BCUT2D eigenvalue weighted by atomic mass is 10.1. The van der Waals surface area contributed by atoms with Crippen molar-refractivity contribution in [3.63, 3.8) is 0 Å². The molecule has 0 saturated heterocycles. The average Bonchev–Trinajstić information content (AvgIpc) is 2.94. The van der Waals surface area contributed by atoms with E-state index < -0.39 is 18.3 Å². The van der Waals surface area contributed by atoms with Crippen molar-refractivity contribution in [2.75, 3.05) is 13.2 Å². The number of aromatic amines is 1. The molecule has 2 unspecified atom stereocenters. The van der Waals surface area contributed by atoms with Gasteiger partial charge in [0, 0.05) is 6.61 Å². The number of carbonyl (C=O) groups is 1. The van der Waals surface area contributed by atoms with Gasteiger partial charge in [-0.1, -0.05) is 0 Å². The Hall–Kier alpha value is -1.97. The highest BCUT2D eigenvalue weighted by Gasteiger charge is 2.20. The molecule has 0 radical (unpaired) electrons. The molecule has 118 valence electrons. The number of carbonyl (C=O) groups excluding carboxylic acids is 1. The summed E-state index contributed by atoms with van der Waals surface area (Å²) in [6.45, 7) is 3.28. The van der Waals surface area contributed by atoms with Gasteiger partial charge in [-0.05, 0) is 20.3 Å². The number of amides is 1. The van der Waals surface area contributed by atoms with Gasteiger partial charge in [-0.2, -0.15) is 5.10 Å². The Bertz CT molecular complexity index is 488. The number of hydrogen-bond acceptors (Lipinski definition) is 7. The molecule has 1 amide bonds. The van der Waals surface area contributed by atoms with Gasteiger partial charge in [0.2, 0.25) is 0 Å². The molecule has 0 bridgehead atoms. The molecule has 0 aliphatic carbocycles. The highest BCUT2D eigenvalue weighted by Crippen LogP contribution is 2.16. The Morgan fingerprint density at radius 1 is 1.57 bits per heavy atom. The summed E-state index contributed by atoms with van der Waals surface area (Å²) < 4.78 is 4.65. The van der Waals surface area contributed by atoms with Crippen LogP contribution in [0.15, 0.2) is 11.3 Å². The second kappa shape index (κ2) is 8.35. The number of H-pyrrole nitrogens is 1. The van der Waals surface area contributed by atoms with Crippen LogP contribution >= 0.6 is 0 Å². The maximum absolute atomic E-state index is 11.1. The summed E-state index contributed by atoms with van der Waals surface area (Å²) in [5.41, 5.74) is 2.85. The Morgan fingerprint density at radius 3 is 2.90 bits per heavy atom. The molecular formula is C12H20N4O5. The molecule has 0 saturated carbocycles. The molecule has 21 heavy (non-hydrogen) atoms. The van der Waals surface area contributed by atoms with E-state index in [0.717, 1.165) is 0 Å². The van der Waals surface area contributed by atoms with Crippen molar-refractivity contribution in [3.05, 3.63) is 17.7 Å². The number of hydrazone groups is 1. The van der Waals surface area contributed by atoms with Crippen LogP contribution in [0.1, 0.15) is 37.9 Å². The van der Waals surface area contributed by atoms with E-state index in [0.29, 0.717) is 11.5 Å². The maximum Gasteiger partial charge on any atom is 0.427 e. The number of hydrogen-bond donors (Lipinski definition) is 5. The highest BCUT2D eigenvalue weighted by molar-refractivity contribution is 5.95. The van der Waals surface area contributed by atoms with Crippen LogP contribution in [-0.2, 0) is 4.74 Å². The first kappa shape index (κ1) is 17.1. The lowest BCUT2D eigenvalue weighted by molar-refractivity contribution is 0.00212. The van der Waals surface area contributed by atoms with Gasteiger partial charge in [0.1, 0.15) is 11.8 Å². The van der Waals surface area contributed by atoms with Crippen molar-refractivity contribution >= 4 is 11.8 Å². The van der Waals surface area contributed by atoms with Crippen molar-refractivity contribution in [1.29, 1.82) is 0 Å². The molecule has 2 atom stereocenters. The SMILES string of the molecule is CCOC(=O)N/N=C(\C)c1ncc(C(O)C(O)CCO)[nH]1. The minimum Gasteiger partial charge on any atom is -0.449 e. The first-order chi connectivity index (χ1) is 9.99.